The van der Waals surface area contributed by atoms with Gasteiger partial charge in [-0.2, -0.15) is 0 Å². The van der Waals surface area contributed by atoms with Crippen LogP contribution in [0.2, 0.25) is 0 Å². The topological polar surface area (TPSA) is 46.5 Å². The van der Waals surface area contributed by atoms with Gasteiger partial charge in [-0.15, -0.1) is 0 Å². The van der Waals surface area contributed by atoms with Crippen LogP contribution in [0.1, 0.15) is 54.7 Å². The number of carboxylic acids is 1. The zero-order chi connectivity index (χ0) is 13.6. The van der Waals surface area contributed by atoms with Gasteiger partial charge < -0.3 is 9.84 Å². The number of fused-ring (bicyclic) bond motifs is 1. The van der Waals surface area contributed by atoms with Crippen LogP contribution in [0.25, 0.3) is 0 Å². The molecular weight excluding hydrogens is 240 g/mol. The molecule has 0 aromatic heterocycles. The standard InChI is InChI=1S/C16H20O3/c1-10-7-11(2)14-12(8-10)13(15(17)18)9-16(19-14)5-3-4-6-16/h7-8,13H,3-6,9H2,1-2H3,(H,17,18). The summed E-state index contributed by atoms with van der Waals surface area (Å²) in [5, 5.41) is 9.55. The normalized spacial score (nSPS) is 24.0. The summed E-state index contributed by atoms with van der Waals surface area (Å²) in [6, 6.07) is 4.05. The third kappa shape index (κ3) is 2.01. The molecule has 1 aliphatic carbocycles. The highest BCUT2D eigenvalue weighted by molar-refractivity contribution is 5.78. The van der Waals surface area contributed by atoms with Crippen LogP contribution in [0.3, 0.4) is 0 Å². The van der Waals surface area contributed by atoms with Gasteiger partial charge in [-0.1, -0.05) is 17.7 Å². The van der Waals surface area contributed by atoms with E-state index in [1.54, 1.807) is 0 Å². The van der Waals surface area contributed by atoms with Crippen molar-refractivity contribution in [2.75, 3.05) is 0 Å². The van der Waals surface area contributed by atoms with Crippen molar-refractivity contribution in [2.24, 2.45) is 0 Å². The van der Waals surface area contributed by atoms with E-state index in [9.17, 15) is 9.90 Å². The molecule has 1 fully saturated rings. The molecule has 102 valence electrons. The minimum absolute atomic E-state index is 0.226. The Morgan fingerprint density at radius 2 is 2.00 bits per heavy atom. The maximum Gasteiger partial charge on any atom is 0.311 e. The molecule has 0 radical (unpaired) electrons. The Bertz CT molecular complexity index is 527. The summed E-state index contributed by atoms with van der Waals surface area (Å²) in [5.74, 6) is -0.313. The number of benzene rings is 1. The second-order valence-corrected chi connectivity index (χ2v) is 6.09. The lowest BCUT2D eigenvalue weighted by Crippen LogP contribution is -2.40. The first kappa shape index (κ1) is 12.5. The van der Waals surface area contributed by atoms with E-state index in [4.69, 9.17) is 4.74 Å². The number of aliphatic carboxylic acids is 1. The zero-order valence-corrected chi connectivity index (χ0v) is 11.5. The summed E-state index contributed by atoms with van der Waals surface area (Å²) >= 11 is 0. The fraction of sp³-hybridized carbons (Fsp3) is 0.562. The number of ether oxygens (including phenoxy) is 1. The van der Waals surface area contributed by atoms with Crippen LogP contribution < -0.4 is 4.74 Å². The van der Waals surface area contributed by atoms with Gasteiger partial charge in [0, 0.05) is 12.0 Å². The van der Waals surface area contributed by atoms with Crippen molar-refractivity contribution in [1.82, 2.24) is 0 Å². The summed E-state index contributed by atoms with van der Waals surface area (Å²) in [5.41, 5.74) is 2.80. The summed E-state index contributed by atoms with van der Waals surface area (Å²) in [6.45, 7) is 4.02. The Kier molecular flexibility index (Phi) is 2.80. The third-order valence-corrected chi connectivity index (χ3v) is 4.53. The third-order valence-electron chi connectivity index (χ3n) is 4.53. The maximum absolute atomic E-state index is 11.6. The Morgan fingerprint density at radius 3 is 2.63 bits per heavy atom. The molecule has 1 aliphatic heterocycles. The number of hydrogen-bond donors (Lipinski definition) is 1. The second kappa shape index (κ2) is 4.26. The van der Waals surface area contributed by atoms with Gasteiger partial charge in [0.2, 0.25) is 0 Å². The van der Waals surface area contributed by atoms with Gasteiger partial charge >= 0.3 is 5.97 Å². The highest BCUT2D eigenvalue weighted by atomic mass is 16.5. The minimum atomic E-state index is -0.721. The van der Waals surface area contributed by atoms with E-state index in [1.807, 2.05) is 19.9 Å². The van der Waals surface area contributed by atoms with Crippen LogP contribution in [-0.2, 0) is 4.79 Å². The van der Waals surface area contributed by atoms with E-state index >= 15 is 0 Å². The van der Waals surface area contributed by atoms with Crippen molar-refractivity contribution < 1.29 is 14.6 Å². The van der Waals surface area contributed by atoms with Gasteiger partial charge in [0.1, 0.15) is 11.4 Å². The monoisotopic (exact) mass is 260 g/mol. The molecule has 1 aromatic carbocycles. The molecule has 3 rings (SSSR count). The number of aryl methyl sites for hydroxylation is 2. The van der Waals surface area contributed by atoms with Crippen LogP contribution in [0, 0.1) is 13.8 Å². The molecule has 1 heterocycles. The van der Waals surface area contributed by atoms with Gasteiger partial charge in [0.15, 0.2) is 0 Å². The van der Waals surface area contributed by atoms with Crippen molar-refractivity contribution in [3.05, 3.63) is 28.8 Å². The molecule has 2 aliphatic rings. The van der Waals surface area contributed by atoms with E-state index in [0.29, 0.717) is 6.42 Å². The summed E-state index contributed by atoms with van der Waals surface area (Å²) < 4.78 is 6.28. The van der Waals surface area contributed by atoms with Crippen LogP contribution in [-0.4, -0.2) is 16.7 Å². The SMILES string of the molecule is Cc1cc(C)c2c(c1)C(C(=O)O)CC1(CCCC1)O2. The van der Waals surface area contributed by atoms with Crippen LogP contribution in [0.5, 0.6) is 5.75 Å². The molecule has 0 bridgehead atoms. The molecular formula is C16H20O3. The second-order valence-electron chi connectivity index (χ2n) is 6.09. The number of hydrogen-bond acceptors (Lipinski definition) is 2. The van der Waals surface area contributed by atoms with E-state index in [0.717, 1.165) is 48.1 Å². The summed E-state index contributed by atoms with van der Waals surface area (Å²) in [6.07, 6.45) is 4.89. The van der Waals surface area contributed by atoms with Crippen molar-refractivity contribution in [2.45, 2.75) is 57.5 Å². The van der Waals surface area contributed by atoms with Gasteiger partial charge in [-0.05, 0) is 45.1 Å². The van der Waals surface area contributed by atoms with E-state index < -0.39 is 11.9 Å². The van der Waals surface area contributed by atoms with E-state index in [2.05, 4.69) is 6.07 Å². The van der Waals surface area contributed by atoms with Crippen molar-refractivity contribution in [1.29, 1.82) is 0 Å². The average molecular weight is 260 g/mol. The first-order valence-electron chi connectivity index (χ1n) is 7.04. The molecule has 1 N–H and O–H groups in total. The molecule has 3 nitrogen and oxygen atoms in total. The fourth-order valence-electron chi connectivity index (χ4n) is 3.67. The molecule has 1 atom stereocenters. The van der Waals surface area contributed by atoms with Crippen LogP contribution in [0.4, 0.5) is 0 Å². The lowest BCUT2D eigenvalue weighted by Gasteiger charge is -2.39. The fourth-order valence-corrected chi connectivity index (χ4v) is 3.67. The first-order chi connectivity index (χ1) is 9.01. The van der Waals surface area contributed by atoms with Gasteiger partial charge in [-0.3, -0.25) is 4.79 Å². The Morgan fingerprint density at radius 1 is 1.32 bits per heavy atom. The zero-order valence-electron chi connectivity index (χ0n) is 11.5. The molecule has 0 amide bonds. The molecule has 1 unspecified atom stereocenters. The van der Waals surface area contributed by atoms with E-state index in [1.165, 1.54) is 0 Å². The highest BCUT2D eigenvalue weighted by Gasteiger charge is 2.45. The molecule has 3 heteroatoms. The van der Waals surface area contributed by atoms with Crippen molar-refractivity contribution >= 4 is 5.97 Å². The summed E-state index contributed by atoms with van der Waals surface area (Å²) in [7, 11) is 0. The minimum Gasteiger partial charge on any atom is -0.487 e. The number of carbonyl (C=O) groups is 1. The average Bonchev–Trinajstić information content (AvgIpc) is 2.78. The van der Waals surface area contributed by atoms with Crippen molar-refractivity contribution in [3.8, 4) is 5.75 Å². The van der Waals surface area contributed by atoms with E-state index in [-0.39, 0.29) is 5.60 Å². The Hall–Kier alpha value is -1.51. The number of rotatable bonds is 1. The predicted molar refractivity (Wildman–Crippen MR) is 72.7 cm³/mol. The number of carboxylic acid groups (broad SMARTS) is 1. The Balaban J connectivity index is 2.11. The van der Waals surface area contributed by atoms with Gasteiger partial charge in [-0.25, -0.2) is 0 Å². The van der Waals surface area contributed by atoms with Crippen LogP contribution in [0.15, 0.2) is 12.1 Å². The quantitative estimate of drug-likeness (QED) is 0.839. The molecule has 19 heavy (non-hydrogen) atoms. The maximum atomic E-state index is 11.6. The molecule has 0 saturated heterocycles. The molecule has 1 aromatic rings. The first-order valence-corrected chi connectivity index (χ1v) is 7.04. The lowest BCUT2D eigenvalue weighted by molar-refractivity contribution is -0.141. The summed E-state index contributed by atoms with van der Waals surface area (Å²) in [4.78, 5) is 11.6. The highest BCUT2D eigenvalue weighted by Crippen LogP contribution is 2.49. The smallest absolute Gasteiger partial charge is 0.311 e. The molecule has 1 spiro atoms. The largest absolute Gasteiger partial charge is 0.487 e. The van der Waals surface area contributed by atoms with Crippen LogP contribution >= 0.6 is 0 Å². The Labute approximate surface area is 113 Å². The van der Waals surface area contributed by atoms with Crippen molar-refractivity contribution in [3.63, 3.8) is 0 Å². The predicted octanol–water partition coefficient (Wildman–Crippen LogP) is 3.57. The van der Waals surface area contributed by atoms with Gasteiger partial charge in [0.05, 0.1) is 5.92 Å². The lowest BCUT2D eigenvalue weighted by atomic mass is 9.80. The molecule has 1 saturated carbocycles. The van der Waals surface area contributed by atoms with Gasteiger partial charge in [0.25, 0.3) is 0 Å².